The highest BCUT2D eigenvalue weighted by molar-refractivity contribution is 5.68. The summed E-state index contributed by atoms with van der Waals surface area (Å²) >= 11 is 0. The van der Waals surface area contributed by atoms with Crippen molar-refractivity contribution in [1.82, 2.24) is 4.90 Å². The molecule has 8 nitrogen and oxygen atoms in total. The summed E-state index contributed by atoms with van der Waals surface area (Å²) in [6, 6.07) is 2.98. The van der Waals surface area contributed by atoms with Crippen LogP contribution in [-0.4, -0.2) is 41.4 Å². The number of amides is 1. The number of unbranched alkanes of at least 4 members (excludes halogenated alkanes) is 5. The number of benzene rings is 1. The van der Waals surface area contributed by atoms with Crippen LogP contribution < -0.4 is 9.47 Å². The minimum Gasteiger partial charge on any atom is -0.454 e. The molecule has 1 saturated carbocycles. The molecule has 0 spiro atoms. The van der Waals surface area contributed by atoms with Crippen molar-refractivity contribution in [2.45, 2.75) is 96.6 Å². The highest BCUT2D eigenvalue weighted by Gasteiger charge is 2.33. The van der Waals surface area contributed by atoms with Gasteiger partial charge in [-0.2, -0.15) is 0 Å². The van der Waals surface area contributed by atoms with Gasteiger partial charge in [0.25, 0.3) is 5.69 Å². The van der Waals surface area contributed by atoms with Gasteiger partial charge in [0, 0.05) is 18.2 Å². The van der Waals surface area contributed by atoms with E-state index < -0.39 is 0 Å². The molecule has 0 aromatic heterocycles. The Kier molecular flexibility index (Phi) is 9.00. The molecule has 1 unspecified atom stereocenters. The summed E-state index contributed by atoms with van der Waals surface area (Å²) in [4.78, 5) is 26.3. The molecular weight excluding hydrogens is 412 g/mol. The number of nitrogens with zero attached hydrogens (tertiary/aromatic N) is 2. The molecule has 1 atom stereocenters. The van der Waals surface area contributed by atoms with Gasteiger partial charge in [-0.1, -0.05) is 52.4 Å². The lowest BCUT2D eigenvalue weighted by molar-refractivity contribution is -0.385. The Balaban J connectivity index is 1.83. The predicted octanol–water partition coefficient (Wildman–Crippen LogP) is 6.00. The topological polar surface area (TPSA) is 91.1 Å². The number of rotatable bonds is 14. The van der Waals surface area contributed by atoms with Crippen molar-refractivity contribution < 1.29 is 23.9 Å². The van der Waals surface area contributed by atoms with E-state index >= 15 is 0 Å². The number of fused-ring (bicyclic) bond motifs is 1. The van der Waals surface area contributed by atoms with E-state index in [0.29, 0.717) is 30.0 Å². The van der Waals surface area contributed by atoms with Gasteiger partial charge in [-0.05, 0) is 38.2 Å². The lowest BCUT2D eigenvalue weighted by atomic mass is 9.97. The summed E-state index contributed by atoms with van der Waals surface area (Å²) in [6.45, 7) is 4.97. The van der Waals surface area contributed by atoms with Crippen LogP contribution in [0.5, 0.6) is 11.5 Å². The van der Waals surface area contributed by atoms with Crippen LogP contribution in [0.2, 0.25) is 0 Å². The SMILES string of the molecule is CCCCCCN(C(=O)OC1CC1)C(CCCCC)Cc1cc2c(cc1[N+](=O)[O-])OCO2. The summed E-state index contributed by atoms with van der Waals surface area (Å²) in [5, 5.41) is 11.8. The van der Waals surface area contributed by atoms with Crippen LogP contribution in [0.15, 0.2) is 12.1 Å². The molecule has 0 saturated heterocycles. The molecule has 1 aliphatic carbocycles. The summed E-state index contributed by atoms with van der Waals surface area (Å²) in [6.07, 6.45) is 10.0. The van der Waals surface area contributed by atoms with Gasteiger partial charge in [-0.3, -0.25) is 10.1 Å². The first-order valence-corrected chi connectivity index (χ1v) is 12.1. The highest BCUT2D eigenvalue weighted by Crippen LogP contribution is 2.39. The molecule has 1 aromatic rings. The number of carbonyl (C=O) groups is 1. The van der Waals surface area contributed by atoms with Crippen LogP contribution in [0, 0.1) is 10.1 Å². The number of carbonyl (C=O) groups excluding carboxylic acids is 1. The third-order valence-corrected chi connectivity index (χ3v) is 6.09. The minimum atomic E-state index is -0.380. The zero-order valence-corrected chi connectivity index (χ0v) is 19.3. The molecule has 8 heteroatoms. The van der Waals surface area contributed by atoms with Gasteiger partial charge in [0.05, 0.1) is 11.0 Å². The van der Waals surface area contributed by atoms with Gasteiger partial charge in [-0.25, -0.2) is 4.79 Å². The Bertz CT molecular complexity index is 780. The van der Waals surface area contributed by atoms with Crippen molar-refractivity contribution >= 4 is 11.8 Å². The predicted molar refractivity (Wildman–Crippen MR) is 121 cm³/mol. The van der Waals surface area contributed by atoms with Crippen molar-refractivity contribution in [3.05, 3.63) is 27.8 Å². The van der Waals surface area contributed by atoms with Crippen LogP contribution in [-0.2, 0) is 11.2 Å². The second-order valence-corrected chi connectivity index (χ2v) is 8.78. The summed E-state index contributed by atoms with van der Waals surface area (Å²) in [7, 11) is 0. The van der Waals surface area contributed by atoms with Gasteiger partial charge >= 0.3 is 6.09 Å². The maximum absolute atomic E-state index is 13.1. The van der Waals surface area contributed by atoms with Gasteiger partial charge in [-0.15, -0.1) is 0 Å². The first kappa shape index (κ1) is 24.1. The molecule has 0 N–H and O–H groups in total. The second kappa shape index (κ2) is 11.9. The average Bonchev–Trinajstić information content (AvgIpc) is 3.46. The molecule has 32 heavy (non-hydrogen) atoms. The zero-order valence-electron chi connectivity index (χ0n) is 19.3. The highest BCUT2D eigenvalue weighted by atomic mass is 16.7. The fourth-order valence-electron chi connectivity index (χ4n) is 4.09. The molecule has 3 rings (SSSR count). The molecule has 2 aliphatic rings. The molecule has 1 fully saturated rings. The van der Waals surface area contributed by atoms with Crippen molar-refractivity contribution in [3.63, 3.8) is 0 Å². The van der Waals surface area contributed by atoms with Crippen LogP contribution in [0.1, 0.15) is 83.6 Å². The Morgan fingerprint density at radius 1 is 1.12 bits per heavy atom. The van der Waals surface area contributed by atoms with E-state index in [0.717, 1.165) is 64.2 Å². The van der Waals surface area contributed by atoms with Gasteiger partial charge in [0.2, 0.25) is 6.79 Å². The maximum Gasteiger partial charge on any atom is 0.410 e. The second-order valence-electron chi connectivity index (χ2n) is 8.78. The van der Waals surface area contributed by atoms with E-state index in [2.05, 4.69) is 13.8 Å². The number of hydrogen-bond donors (Lipinski definition) is 0. The van der Waals surface area contributed by atoms with E-state index in [1.165, 1.54) is 6.07 Å². The fraction of sp³-hybridized carbons (Fsp3) is 0.708. The summed E-state index contributed by atoms with van der Waals surface area (Å²) in [5.41, 5.74) is 0.578. The van der Waals surface area contributed by atoms with E-state index in [-0.39, 0.29) is 35.6 Å². The zero-order chi connectivity index (χ0) is 22.9. The van der Waals surface area contributed by atoms with Crippen molar-refractivity contribution in [1.29, 1.82) is 0 Å². The van der Waals surface area contributed by atoms with Gasteiger partial charge in [0.15, 0.2) is 11.5 Å². The molecule has 0 bridgehead atoms. The fourth-order valence-corrected chi connectivity index (χ4v) is 4.09. The number of hydrogen-bond acceptors (Lipinski definition) is 6. The Morgan fingerprint density at radius 2 is 1.81 bits per heavy atom. The summed E-state index contributed by atoms with van der Waals surface area (Å²) < 4.78 is 16.5. The molecule has 0 radical (unpaired) electrons. The van der Waals surface area contributed by atoms with Crippen molar-refractivity contribution in [2.24, 2.45) is 0 Å². The van der Waals surface area contributed by atoms with Crippen molar-refractivity contribution in [2.75, 3.05) is 13.3 Å². The molecular formula is C24H36N2O6. The molecule has 178 valence electrons. The van der Waals surface area contributed by atoms with E-state index in [1.54, 1.807) is 6.07 Å². The molecule has 1 heterocycles. The normalized spacial score (nSPS) is 15.4. The number of nitro benzene ring substituents is 1. The Labute approximate surface area is 190 Å². The van der Waals surface area contributed by atoms with Gasteiger partial charge in [0.1, 0.15) is 6.10 Å². The van der Waals surface area contributed by atoms with Gasteiger partial charge < -0.3 is 19.1 Å². The lowest BCUT2D eigenvalue weighted by Gasteiger charge is -2.31. The van der Waals surface area contributed by atoms with E-state index in [1.807, 2.05) is 4.90 Å². The Hall–Kier alpha value is -2.51. The maximum atomic E-state index is 13.1. The first-order chi connectivity index (χ1) is 15.5. The van der Waals surface area contributed by atoms with E-state index in [9.17, 15) is 14.9 Å². The summed E-state index contributed by atoms with van der Waals surface area (Å²) in [5.74, 6) is 0.917. The molecule has 1 aliphatic heterocycles. The first-order valence-electron chi connectivity index (χ1n) is 12.1. The van der Waals surface area contributed by atoms with Crippen molar-refractivity contribution in [3.8, 4) is 11.5 Å². The number of ether oxygens (including phenoxy) is 3. The third-order valence-electron chi connectivity index (χ3n) is 6.09. The monoisotopic (exact) mass is 448 g/mol. The van der Waals surface area contributed by atoms with Crippen LogP contribution >= 0.6 is 0 Å². The standard InChI is InChI=1S/C24H36N2O6/c1-3-5-7-9-13-25(24(27)32-20-11-12-20)19(10-8-6-4-2)14-18-15-22-23(31-17-30-22)16-21(18)26(28)29/h15-16,19-20H,3-14,17H2,1-2H3. The quantitative estimate of drug-likeness (QED) is 0.197. The van der Waals surface area contributed by atoms with Crippen LogP contribution in [0.25, 0.3) is 0 Å². The van der Waals surface area contributed by atoms with Crippen LogP contribution in [0.3, 0.4) is 0 Å². The minimum absolute atomic E-state index is 0.0104. The van der Waals surface area contributed by atoms with Crippen LogP contribution in [0.4, 0.5) is 10.5 Å². The number of nitro groups is 1. The smallest absolute Gasteiger partial charge is 0.410 e. The average molecular weight is 449 g/mol. The molecule has 1 aromatic carbocycles. The third kappa shape index (κ3) is 6.74. The van der Waals surface area contributed by atoms with E-state index in [4.69, 9.17) is 14.2 Å². The Morgan fingerprint density at radius 3 is 2.47 bits per heavy atom. The largest absolute Gasteiger partial charge is 0.454 e. The molecule has 1 amide bonds. The lowest BCUT2D eigenvalue weighted by Crippen LogP contribution is -2.43.